The van der Waals surface area contributed by atoms with E-state index in [2.05, 4.69) is 29.3 Å². The van der Waals surface area contributed by atoms with E-state index >= 15 is 0 Å². The van der Waals surface area contributed by atoms with Crippen molar-refractivity contribution in [1.29, 1.82) is 0 Å². The van der Waals surface area contributed by atoms with Gasteiger partial charge in [-0.2, -0.15) is 0 Å². The number of carbonyl (C=O) groups excluding carboxylic acids is 2. The Labute approximate surface area is 203 Å². The summed E-state index contributed by atoms with van der Waals surface area (Å²) in [5, 5.41) is 6.93. The predicted molar refractivity (Wildman–Crippen MR) is 133 cm³/mol. The van der Waals surface area contributed by atoms with E-state index in [1.807, 2.05) is 6.07 Å². The van der Waals surface area contributed by atoms with Gasteiger partial charge in [0.15, 0.2) is 0 Å². The molecule has 0 aromatic heterocycles. The van der Waals surface area contributed by atoms with Crippen LogP contribution in [0.5, 0.6) is 0 Å². The molecule has 1 unspecified atom stereocenters. The van der Waals surface area contributed by atoms with Crippen molar-refractivity contribution in [2.45, 2.75) is 108 Å². The summed E-state index contributed by atoms with van der Waals surface area (Å²) in [4.78, 5) is 27.3. The van der Waals surface area contributed by atoms with Crippen LogP contribution in [-0.2, 0) is 17.8 Å². The van der Waals surface area contributed by atoms with Gasteiger partial charge in [-0.25, -0.2) is 0 Å². The fraction of sp³-hybridized carbons (Fsp3) is 0.655. The third-order valence-electron chi connectivity index (χ3n) is 9.56. The largest absolute Gasteiger partial charge is 0.329 e. The SMILES string of the molecule is C=C1CCC(N2Cc3cc(C[C@H]4CCCC[C@@H]4NC4CCC5(CC4)CC5)ccc3C2=O)C(=O)N1. The summed E-state index contributed by atoms with van der Waals surface area (Å²) in [5.74, 6) is 0.577. The highest BCUT2D eigenvalue weighted by molar-refractivity contribution is 6.01. The lowest BCUT2D eigenvalue weighted by Crippen LogP contribution is -2.49. The molecule has 5 nitrogen and oxygen atoms in total. The van der Waals surface area contributed by atoms with Crippen molar-refractivity contribution in [2.75, 3.05) is 0 Å². The molecule has 2 heterocycles. The van der Waals surface area contributed by atoms with Gasteiger partial charge in [-0.3, -0.25) is 9.59 Å². The van der Waals surface area contributed by atoms with E-state index in [-0.39, 0.29) is 17.9 Å². The van der Waals surface area contributed by atoms with Gasteiger partial charge in [0.05, 0.1) is 0 Å². The maximum atomic E-state index is 13.1. The lowest BCUT2D eigenvalue weighted by Gasteiger charge is -2.38. The first kappa shape index (κ1) is 22.3. The molecule has 34 heavy (non-hydrogen) atoms. The van der Waals surface area contributed by atoms with Crippen molar-refractivity contribution < 1.29 is 9.59 Å². The molecule has 1 aromatic carbocycles. The summed E-state index contributed by atoms with van der Waals surface area (Å²) in [7, 11) is 0. The van der Waals surface area contributed by atoms with E-state index < -0.39 is 0 Å². The molecule has 0 radical (unpaired) electrons. The van der Waals surface area contributed by atoms with E-state index in [4.69, 9.17) is 0 Å². The zero-order chi connectivity index (χ0) is 23.3. The van der Waals surface area contributed by atoms with Crippen LogP contribution in [0.15, 0.2) is 30.5 Å². The Balaban J connectivity index is 1.11. The van der Waals surface area contributed by atoms with Crippen LogP contribution in [0, 0.1) is 11.3 Å². The van der Waals surface area contributed by atoms with Crippen LogP contribution >= 0.6 is 0 Å². The van der Waals surface area contributed by atoms with Crippen molar-refractivity contribution in [3.8, 4) is 0 Å². The van der Waals surface area contributed by atoms with Crippen molar-refractivity contribution in [2.24, 2.45) is 11.3 Å². The highest BCUT2D eigenvalue weighted by atomic mass is 16.2. The molecule has 1 saturated heterocycles. The molecular formula is C29H39N3O2. The lowest BCUT2D eigenvalue weighted by molar-refractivity contribution is -0.126. The Kier molecular flexibility index (Phi) is 5.79. The Hall–Kier alpha value is -2.14. The van der Waals surface area contributed by atoms with E-state index in [9.17, 15) is 9.59 Å². The van der Waals surface area contributed by atoms with Crippen LogP contribution in [-0.4, -0.2) is 34.8 Å². The number of allylic oxidation sites excluding steroid dienone is 1. The fourth-order valence-corrected chi connectivity index (χ4v) is 7.19. The van der Waals surface area contributed by atoms with Crippen LogP contribution in [0.3, 0.4) is 0 Å². The zero-order valence-corrected chi connectivity index (χ0v) is 20.4. The van der Waals surface area contributed by atoms with Gasteiger partial charge in [0.25, 0.3) is 5.91 Å². The number of nitrogens with one attached hydrogen (secondary N) is 2. The minimum absolute atomic E-state index is 0.00263. The third-order valence-corrected chi connectivity index (χ3v) is 9.56. The molecule has 5 heteroatoms. The van der Waals surface area contributed by atoms with Crippen molar-refractivity contribution in [1.82, 2.24) is 15.5 Å². The topological polar surface area (TPSA) is 61.4 Å². The summed E-state index contributed by atoms with van der Waals surface area (Å²) in [6.07, 6.45) is 16.3. The van der Waals surface area contributed by atoms with Gasteiger partial charge in [-0.1, -0.05) is 31.6 Å². The van der Waals surface area contributed by atoms with Crippen molar-refractivity contribution in [3.05, 3.63) is 47.2 Å². The Morgan fingerprint density at radius 1 is 1.03 bits per heavy atom. The maximum absolute atomic E-state index is 13.1. The second-order valence-electron chi connectivity index (χ2n) is 11.9. The number of rotatable bonds is 5. The molecule has 6 rings (SSSR count). The van der Waals surface area contributed by atoms with Crippen molar-refractivity contribution >= 4 is 11.8 Å². The van der Waals surface area contributed by atoms with Gasteiger partial charge in [0.1, 0.15) is 6.04 Å². The maximum Gasteiger partial charge on any atom is 0.255 e. The highest BCUT2D eigenvalue weighted by Gasteiger charge is 2.45. The molecule has 2 amide bonds. The van der Waals surface area contributed by atoms with Gasteiger partial charge in [-0.15, -0.1) is 0 Å². The first-order valence-electron chi connectivity index (χ1n) is 13.7. The molecule has 1 aromatic rings. The second-order valence-corrected chi connectivity index (χ2v) is 11.9. The Morgan fingerprint density at radius 2 is 1.82 bits per heavy atom. The monoisotopic (exact) mass is 461 g/mol. The molecule has 3 saturated carbocycles. The number of nitrogens with zero attached hydrogens (tertiary/aromatic N) is 1. The van der Waals surface area contributed by atoms with Gasteiger partial charge in [0, 0.05) is 29.9 Å². The lowest BCUT2D eigenvalue weighted by atomic mass is 9.78. The van der Waals surface area contributed by atoms with Crippen LogP contribution in [0.4, 0.5) is 0 Å². The Bertz CT molecular complexity index is 987. The molecule has 2 aliphatic heterocycles. The van der Waals surface area contributed by atoms with Crippen LogP contribution < -0.4 is 10.6 Å². The molecule has 5 aliphatic rings. The van der Waals surface area contributed by atoms with E-state index in [1.54, 1.807) is 4.90 Å². The molecule has 0 bridgehead atoms. The minimum Gasteiger partial charge on any atom is -0.329 e. The summed E-state index contributed by atoms with van der Waals surface area (Å²) < 4.78 is 0. The Morgan fingerprint density at radius 3 is 2.59 bits per heavy atom. The summed E-state index contributed by atoms with van der Waals surface area (Å²) in [6.45, 7) is 4.41. The van der Waals surface area contributed by atoms with Crippen LogP contribution in [0.2, 0.25) is 0 Å². The summed E-state index contributed by atoms with van der Waals surface area (Å²) in [5.41, 5.74) is 4.71. The minimum atomic E-state index is -0.383. The number of hydrogen-bond donors (Lipinski definition) is 2. The second kappa shape index (κ2) is 8.82. The number of hydrogen-bond acceptors (Lipinski definition) is 3. The molecule has 3 atom stereocenters. The zero-order valence-electron chi connectivity index (χ0n) is 20.4. The molecule has 3 aliphatic carbocycles. The van der Waals surface area contributed by atoms with Gasteiger partial charge >= 0.3 is 0 Å². The fourth-order valence-electron chi connectivity index (χ4n) is 7.19. The molecule has 1 spiro atoms. The van der Waals surface area contributed by atoms with Gasteiger partial charge in [0.2, 0.25) is 5.91 Å². The van der Waals surface area contributed by atoms with E-state index in [0.717, 1.165) is 35.1 Å². The molecular weight excluding hydrogens is 422 g/mol. The van der Waals surface area contributed by atoms with Gasteiger partial charge < -0.3 is 15.5 Å². The van der Waals surface area contributed by atoms with Crippen molar-refractivity contribution in [3.63, 3.8) is 0 Å². The first-order chi connectivity index (χ1) is 16.5. The number of piperidine rings is 1. The smallest absolute Gasteiger partial charge is 0.255 e. The predicted octanol–water partition coefficient (Wildman–Crippen LogP) is 4.85. The number of amides is 2. The average Bonchev–Trinajstić information content (AvgIpc) is 3.51. The normalized spacial score (nSPS) is 31.0. The standard InChI is InChI=1S/C29H39N3O2/c1-19-6-9-26(27(33)30-19)32-18-22-17-20(7-8-24(22)28(32)34)16-21-4-2-3-5-25(21)31-23-10-12-29(13-11-23)14-15-29/h7-8,17,21,23,25-26,31H,1-6,9-16,18H2,(H,30,33)/t21-,25+,26?/m1/s1. The quantitative estimate of drug-likeness (QED) is 0.659. The van der Waals surface area contributed by atoms with Crippen LogP contribution in [0.1, 0.15) is 98.5 Å². The molecule has 182 valence electrons. The number of carbonyl (C=O) groups is 2. The number of fused-ring (bicyclic) bond motifs is 1. The third kappa shape index (κ3) is 4.32. The summed E-state index contributed by atoms with van der Waals surface area (Å²) in [6, 6.07) is 7.36. The summed E-state index contributed by atoms with van der Waals surface area (Å²) >= 11 is 0. The van der Waals surface area contributed by atoms with Crippen LogP contribution in [0.25, 0.3) is 0 Å². The average molecular weight is 462 g/mol. The highest BCUT2D eigenvalue weighted by Crippen LogP contribution is 2.56. The number of benzene rings is 1. The first-order valence-corrected chi connectivity index (χ1v) is 13.7. The molecule has 4 fully saturated rings. The van der Waals surface area contributed by atoms with E-state index in [1.165, 1.54) is 69.8 Å². The van der Waals surface area contributed by atoms with E-state index in [0.29, 0.717) is 31.0 Å². The van der Waals surface area contributed by atoms with Gasteiger partial charge in [-0.05, 0) is 99.2 Å². The molecule has 2 N–H and O–H groups in total.